The van der Waals surface area contributed by atoms with E-state index in [1.165, 1.54) is 0 Å². The number of hydrogen-bond donors (Lipinski definition) is 1. The number of halogens is 1. The van der Waals surface area contributed by atoms with Gasteiger partial charge in [-0.1, -0.05) is 28.1 Å². The predicted octanol–water partition coefficient (Wildman–Crippen LogP) is 2.00. The minimum Gasteiger partial charge on any atom is -0.395 e. The van der Waals surface area contributed by atoms with Crippen LogP contribution in [0.3, 0.4) is 0 Å². The van der Waals surface area contributed by atoms with E-state index < -0.39 is 10.8 Å². The smallest absolute Gasteiger partial charge is 0.0546 e. The highest BCUT2D eigenvalue weighted by molar-refractivity contribution is 9.10. The third-order valence-electron chi connectivity index (χ3n) is 2.02. The first-order chi connectivity index (χ1) is 6.65. The van der Waals surface area contributed by atoms with Crippen molar-refractivity contribution >= 4 is 26.7 Å². The van der Waals surface area contributed by atoms with Crippen LogP contribution in [-0.4, -0.2) is 21.7 Å². The van der Waals surface area contributed by atoms with E-state index in [9.17, 15) is 4.21 Å². The summed E-state index contributed by atoms with van der Waals surface area (Å²) in [6.45, 7) is 1.98. The van der Waals surface area contributed by atoms with Crippen molar-refractivity contribution in [1.29, 1.82) is 0 Å². The number of aliphatic hydroxyl groups excluding tert-OH is 1. The van der Waals surface area contributed by atoms with Gasteiger partial charge >= 0.3 is 0 Å². The lowest BCUT2D eigenvalue weighted by Crippen LogP contribution is -2.05. The Morgan fingerprint density at radius 1 is 1.50 bits per heavy atom. The molecule has 0 aliphatic carbocycles. The quantitative estimate of drug-likeness (QED) is 0.914. The zero-order valence-electron chi connectivity index (χ0n) is 8.00. The molecule has 0 saturated carbocycles. The topological polar surface area (TPSA) is 37.3 Å². The minimum atomic E-state index is -0.960. The fourth-order valence-electron chi connectivity index (χ4n) is 1.16. The summed E-state index contributed by atoms with van der Waals surface area (Å²) in [5, 5.41) is 8.64. The van der Waals surface area contributed by atoms with Gasteiger partial charge in [0.1, 0.15) is 0 Å². The minimum absolute atomic E-state index is 0.0142. The summed E-state index contributed by atoms with van der Waals surface area (Å²) >= 11 is 3.43. The van der Waals surface area contributed by atoms with E-state index in [0.717, 1.165) is 15.6 Å². The van der Waals surface area contributed by atoms with Crippen molar-refractivity contribution < 1.29 is 9.32 Å². The number of benzene rings is 1. The molecule has 0 aliphatic rings. The lowest BCUT2D eigenvalue weighted by atomic mass is 10.1. The molecule has 0 aliphatic heterocycles. The van der Waals surface area contributed by atoms with Crippen LogP contribution in [0.5, 0.6) is 0 Å². The molecule has 0 heterocycles. The van der Waals surface area contributed by atoms with Crippen molar-refractivity contribution in [3.8, 4) is 0 Å². The van der Waals surface area contributed by atoms with E-state index in [2.05, 4.69) is 15.9 Å². The molecule has 0 saturated heterocycles. The van der Waals surface area contributed by atoms with Crippen LogP contribution < -0.4 is 0 Å². The number of hydrogen-bond acceptors (Lipinski definition) is 2. The van der Waals surface area contributed by atoms with Gasteiger partial charge in [-0.2, -0.15) is 0 Å². The molecule has 1 N–H and O–H groups in total. The van der Waals surface area contributed by atoms with Gasteiger partial charge < -0.3 is 5.11 Å². The van der Waals surface area contributed by atoms with Gasteiger partial charge in [0, 0.05) is 26.8 Å². The van der Waals surface area contributed by atoms with Gasteiger partial charge in [-0.05, 0) is 24.1 Å². The number of aliphatic hydroxyl groups is 1. The average molecular weight is 277 g/mol. The molecular weight excluding hydrogens is 264 g/mol. The molecule has 0 fully saturated rings. The largest absolute Gasteiger partial charge is 0.395 e. The Bertz CT molecular complexity index is 339. The van der Waals surface area contributed by atoms with Gasteiger partial charge in [-0.3, -0.25) is 4.21 Å². The van der Waals surface area contributed by atoms with Crippen LogP contribution in [0.25, 0.3) is 0 Å². The van der Waals surface area contributed by atoms with E-state index in [1.807, 2.05) is 25.1 Å². The second-order valence-corrected chi connectivity index (χ2v) is 5.47. The van der Waals surface area contributed by atoms with Crippen molar-refractivity contribution in [2.45, 2.75) is 12.7 Å². The lowest BCUT2D eigenvalue weighted by Gasteiger charge is -2.06. The first kappa shape index (κ1) is 11.9. The highest BCUT2D eigenvalue weighted by Crippen LogP contribution is 2.20. The fourth-order valence-corrected chi connectivity index (χ4v) is 2.57. The zero-order valence-corrected chi connectivity index (χ0v) is 10.4. The van der Waals surface area contributed by atoms with Gasteiger partial charge in [0.15, 0.2) is 0 Å². The van der Waals surface area contributed by atoms with Crippen LogP contribution in [-0.2, 0) is 16.6 Å². The van der Waals surface area contributed by atoms with Gasteiger partial charge in [0.05, 0.1) is 6.61 Å². The Morgan fingerprint density at radius 2 is 2.21 bits per heavy atom. The summed E-state index contributed by atoms with van der Waals surface area (Å²) in [5.41, 5.74) is 2.20. The van der Waals surface area contributed by atoms with Gasteiger partial charge in [0.2, 0.25) is 0 Å². The average Bonchev–Trinajstić information content (AvgIpc) is 2.13. The standard InChI is InChI=1S/C10H13BrO2S/c1-8-9(3-2-4-10(8)11)7-14(13)6-5-12/h2-4,12H,5-7H2,1H3. The predicted molar refractivity (Wildman–Crippen MR) is 62.7 cm³/mol. The molecule has 1 atom stereocenters. The third kappa shape index (κ3) is 3.19. The molecule has 4 heteroatoms. The highest BCUT2D eigenvalue weighted by atomic mass is 79.9. The molecule has 0 bridgehead atoms. The fraction of sp³-hybridized carbons (Fsp3) is 0.400. The van der Waals surface area contributed by atoms with E-state index in [-0.39, 0.29) is 6.61 Å². The number of rotatable bonds is 4. The lowest BCUT2D eigenvalue weighted by molar-refractivity contribution is 0.321. The van der Waals surface area contributed by atoms with Crippen LogP contribution in [0.15, 0.2) is 22.7 Å². The normalized spacial score (nSPS) is 12.8. The van der Waals surface area contributed by atoms with Crippen LogP contribution in [0, 0.1) is 6.92 Å². The van der Waals surface area contributed by atoms with E-state index >= 15 is 0 Å². The third-order valence-corrected chi connectivity index (χ3v) is 4.15. The molecule has 1 unspecified atom stereocenters. The maximum absolute atomic E-state index is 11.4. The molecule has 1 rings (SSSR count). The van der Waals surface area contributed by atoms with Crippen LogP contribution in [0.1, 0.15) is 11.1 Å². The van der Waals surface area contributed by atoms with Crippen molar-refractivity contribution in [2.75, 3.05) is 12.4 Å². The van der Waals surface area contributed by atoms with Crippen molar-refractivity contribution in [3.05, 3.63) is 33.8 Å². The maximum atomic E-state index is 11.4. The SMILES string of the molecule is Cc1c(Br)cccc1CS(=O)CCO. The Balaban J connectivity index is 2.76. The highest BCUT2D eigenvalue weighted by Gasteiger charge is 2.05. The first-order valence-corrected chi connectivity index (χ1v) is 6.63. The Morgan fingerprint density at radius 3 is 2.86 bits per heavy atom. The first-order valence-electron chi connectivity index (χ1n) is 4.35. The molecule has 0 radical (unpaired) electrons. The van der Waals surface area contributed by atoms with E-state index in [0.29, 0.717) is 11.5 Å². The Kier molecular flexibility index (Phi) is 4.78. The Labute approximate surface area is 94.9 Å². The molecule has 2 nitrogen and oxygen atoms in total. The molecule has 78 valence electrons. The summed E-state index contributed by atoms with van der Waals surface area (Å²) in [7, 11) is -0.960. The van der Waals surface area contributed by atoms with Crippen LogP contribution in [0.4, 0.5) is 0 Å². The van der Waals surface area contributed by atoms with Gasteiger partial charge in [-0.25, -0.2) is 0 Å². The monoisotopic (exact) mass is 276 g/mol. The van der Waals surface area contributed by atoms with Crippen LogP contribution in [0.2, 0.25) is 0 Å². The molecular formula is C10H13BrO2S. The summed E-state index contributed by atoms with van der Waals surface area (Å²) in [5.74, 6) is 0.873. The molecule has 0 aromatic heterocycles. The molecule has 0 amide bonds. The van der Waals surface area contributed by atoms with Crippen molar-refractivity contribution in [2.24, 2.45) is 0 Å². The van der Waals surface area contributed by atoms with Gasteiger partial charge in [-0.15, -0.1) is 0 Å². The second kappa shape index (κ2) is 5.63. The molecule has 1 aromatic carbocycles. The second-order valence-electron chi connectivity index (χ2n) is 3.04. The molecule has 1 aromatic rings. The van der Waals surface area contributed by atoms with Crippen molar-refractivity contribution in [1.82, 2.24) is 0 Å². The van der Waals surface area contributed by atoms with Crippen molar-refractivity contribution in [3.63, 3.8) is 0 Å². The Hall–Kier alpha value is -0.190. The van der Waals surface area contributed by atoms with E-state index in [4.69, 9.17) is 5.11 Å². The molecule has 0 spiro atoms. The van der Waals surface area contributed by atoms with Gasteiger partial charge in [0.25, 0.3) is 0 Å². The van der Waals surface area contributed by atoms with Crippen LogP contribution >= 0.6 is 15.9 Å². The zero-order chi connectivity index (χ0) is 10.6. The summed E-state index contributed by atoms with van der Waals surface area (Å²) in [4.78, 5) is 0. The summed E-state index contributed by atoms with van der Waals surface area (Å²) < 4.78 is 12.4. The molecule has 14 heavy (non-hydrogen) atoms. The summed E-state index contributed by atoms with van der Waals surface area (Å²) in [6, 6.07) is 5.87. The van der Waals surface area contributed by atoms with E-state index in [1.54, 1.807) is 0 Å². The summed E-state index contributed by atoms with van der Waals surface area (Å²) in [6.07, 6.45) is 0. The maximum Gasteiger partial charge on any atom is 0.0546 e.